The van der Waals surface area contributed by atoms with Crippen molar-refractivity contribution < 1.29 is 14.6 Å². The molecule has 0 aromatic heterocycles. The molecule has 0 heterocycles. The third-order valence-corrected chi connectivity index (χ3v) is 2.51. The van der Waals surface area contributed by atoms with Crippen LogP contribution in [0.1, 0.15) is 39.5 Å². The first-order valence-electron chi connectivity index (χ1n) is 5.12. The number of hydrogen-bond donors (Lipinski definition) is 1. The van der Waals surface area contributed by atoms with Crippen molar-refractivity contribution in [2.75, 3.05) is 0 Å². The highest BCUT2D eigenvalue weighted by atomic mass is 16.5. The lowest BCUT2D eigenvalue weighted by atomic mass is 9.59. The van der Waals surface area contributed by atoms with E-state index < -0.39 is 11.4 Å². The Hall–Kier alpha value is -0.505. The molecule has 2 radical (unpaired) electrons. The van der Waals surface area contributed by atoms with E-state index in [-0.39, 0.29) is 12.1 Å². The Morgan fingerprint density at radius 2 is 2.29 bits per heavy atom. The lowest BCUT2D eigenvalue weighted by molar-refractivity contribution is -0.153. The fourth-order valence-electron chi connectivity index (χ4n) is 1.79. The maximum Gasteiger partial charge on any atom is 0.303 e. The van der Waals surface area contributed by atoms with Crippen LogP contribution in [0.3, 0.4) is 0 Å². The van der Waals surface area contributed by atoms with Gasteiger partial charge < -0.3 is 9.84 Å². The Morgan fingerprint density at radius 1 is 1.64 bits per heavy atom. The average Bonchev–Trinajstić information content (AvgIpc) is 2.02. The van der Waals surface area contributed by atoms with Crippen LogP contribution in [0.4, 0.5) is 0 Å². The molecule has 1 unspecified atom stereocenters. The summed E-state index contributed by atoms with van der Waals surface area (Å²) >= 11 is 0. The van der Waals surface area contributed by atoms with Crippen LogP contribution in [0.5, 0.6) is 0 Å². The number of hydrogen-bond acceptors (Lipinski definition) is 3. The molecule has 1 rings (SSSR count). The molecular weight excluding hydrogens is 179 g/mol. The first-order chi connectivity index (χ1) is 6.44. The number of aliphatic hydroxyl groups excluding tert-OH is 1. The van der Waals surface area contributed by atoms with Crippen LogP contribution in [0.25, 0.3) is 0 Å². The van der Waals surface area contributed by atoms with Crippen LogP contribution in [0.2, 0.25) is 5.31 Å². The predicted molar refractivity (Wildman–Crippen MR) is 54.1 cm³/mol. The molecule has 0 spiro atoms. The number of aliphatic hydroxyl groups is 1. The Labute approximate surface area is 86.2 Å². The van der Waals surface area contributed by atoms with E-state index in [9.17, 15) is 9.90 Å². The van der Waals surface area contributed by atoms with Gasteiger partial charge in [-0.3, -0.25) is 4.79 Å². The molecule has 4 heteroatoms. The fourth-order valence-corrected chi connectivity index (χ4v) is 1.79. The summed E-state index contributed by atoms with van der Waals surface area (Å²) in [6.45, 7) is 3.58. The van der Waals surface area contributed by atoms with Crippen molar-refractivity contribution in [3.8, 4) is 0 Å². The molecule has 1 aliphatic rings. The normalized spacial score (nSPS) is 33.0. The maximum absolute atomic E-state index is 11.6. The second kappa shape index (κ2) is 4.34. The molecule has 0 bridgehead atoms. The number of carbonyl (C=O) groups is 1. The summed E-state index contributed by atoms with van der Waals surface area (Å²) in [6, 6.07) is 0. The van der Waals surface area contributed by atoms with Crippen LogP contribution in [-0.4, -0.2) is 31.1 Å². The van der Waals surface area contributed by atoms with Gasteiger partial charge in [-0.25, -0.2) is 0 Å². The van der Waals surface area contributed by atoms with Crippen LogP contribution in [-0.2, 0) is 9.53 Å². The summed E-state index contributed by atoms with van der Waals surface area (Å²) in [4.78, 5) is 11.6. The minimum atomic E-state index is -0.970. The summed E-state index contributed by atoms with van der Waals surface area (Å²) in [5.74, 6) is -0.383. The first-order valence-corrected chi connectivity index (χ1v) is 5.12. The van der Waals surface area contributed by atoms with Gasteiger partial charge in [0, 0.05) is 5.31 Å². The quantitative estimate of drug-likeness (QED) is 0.533. The Bertz CT molecular complexity index is 217. The molecular formula is C10H17BO3. The second-order valence-corrected chi connectivity index (χ2v) is 4.36. The Balaban J connectivity index is 2.59. The van der Waals surface area contributed by atoms with Gasteiger partial charge in [0.25, 0.3) is 0 Å². The van der Waals surface area contributed by atoms with Crippen LogP contribution in [0.15, 0.2) is 0 Å². The van der Waals surface area contributed by atoms with Gasteiger partial charge in [0.1, 0.15) is 0 Å². The monoisotopic (exact) mass is 196 g/mol. The number of rotatable bonds is 2. The highest BCUT2D eigenvalue weighted by Gasteiger charge is 2.39. The largest absolute Gasteiger partial charge is 0.463 e. The van der Waals surface area contributed by atoms with Crippen LogP contribution < -0.4 is 0 Å². The topological polar surface area (TPSA) is 46.5 Å². The minimum absolute atomic E-state index is 0.151. The smallest absolute Gasteiger partial charge is 0.303 e. The number of esters is 1. The van der Waals surface area contributed by atoms with E-state index in [2.05, 4.69) is 0 Å². The molecule has 0 aromatic carbocycles. The van der Waals surface area contributed by atoms with Gasteiger partial charge in [0.15, 0.2) is 0 Å². The second-order valence-electron chi connectivity index (χ2n) is 4.36. The molecule has 1 saturated carbocycles. The highest BCUT2D eigenvalue weighted by Crippen LogP contribution is 2.41. The maximum atomic E-state index is 11.6. The van der Waals surface area contributed by atoms with Crippen molar-refractivity contribution in [2.24, 2.45) is 0 Å². The molecule has 1 fully saturated rings. The zero-order chi connectivity index (χ0) is 10.8. The average molecular weight is 196 g/mol. The highest BCUT2D eigenvalue weighted by molar-refractivity contribution is 6.27. The molecule has 2 atom stereocenters. The third-order valence-electron chi connectivity index (χ3n) is 2.51. The standard InChI is InChI=1S/C10H17BO3/c1-7(2)14-9(13)10(11)5-3-4-8(12)6-10/h7-8,12H,3-6H2,1-2H3/t8-,10?/m1/s1. The van der Waals surface area contributed by atoms with Crippen molar-refractivity contribution >= 4 is 13.8 Å². The first kappa shape index (κ1) is 11.6. The number of ether oxygens (including phenoxy) is 1. The lowest BCUT2D eigenvalue weighted by Crippen LogP contribution is -2.35. The van der Waals surface area contributed by atoms with Crippen molar-refractivity contribution in [3.63, 3.8) is 0 Å². The van der Waals surface area contributed by atoms with Gasteiger partial charge in [-0.15, -0.1) is 0 Å². The predicted octanol–water partition coefficient (Wildman–Crippen LogP) is 1.20. The van der Waals surface area contributed by atoms with Gasteiger partial charge in [-0.1, -0.05) is 6.42 Å². The molecule has 0 amide bonds. The SMILES string of the molecule is [B]C1(C(=O)OC(C)C)CCC[C@@H](O)C1. The van der Waals surface area contributed by atoms with Crippen molar-refractivity contribution in [1.29, 1.82) is 0 Å². The van der Waals surface area contributed by atoms with E-state index in [0.717, 1.165) is 12.8 Å². The van der Waals surface area contributed by atoms with Gasteiger partial charge >= 0.3 is 5.97 Å². The molecule has 0 saturated heterocycles. The van der Waals surface area contributed by atoms with Gasteiger partial charge in [-0.05, 0) is 33.1 Å². The fraction of sp³-hybridized carbons (Fsp3) is 0.900. The molecule has 78 valence electrons. The summed E-state index contributed by atoms with van der Waals surface area (Å²) < 4.78 is 5.07. The van der Waals surface area contributed by atoms with E-state index in [0.29, 0.717) is 12.8 Å². The molecule has 1 aliphatic carbocycles. The van der Waals surface area contributed by atoms with Crippen molar-refractivity contribution in [2.45, 2.75) is 57.1 Å². The minimum Gasteiger partial charge on any atom is -0.463 e. The Morgan fingerprint density at radius 3 is 2.79 bits per heavy atom. The van der Waals surface area contributed by atoms with Crippen LogP contribution in [0, 0.1) is 0 Å². The number of carbonyl (C=O) groups excluding carboxylic acids is 1. The summed E-state index contributed by atoms with van der Waals surface area (Å²) in [7, 11) is 5.91. The molecule has 3 nitrogen and oxygen atoms in total. The summed E-state index contributed by atoms with van der Waals surface area (Å²) in [5, 5.41) is 8.47. The molecule has 0 aliphatic heterocycles. The summed E-state index contributed by atoms with van der Waals surface area (Å²) in [6.07, 6.45) is 1.82. The Kier molecular flexibility index (Phi) is 3.59. The van der Waals surface area contributed by atoms with Gasteiger partial charge in [0.05, 0.1) is 20.1 Å². The zero-order valence-electron chi connectivity index (χ0n) is 8.82. The lowest BCUT2D eigenvalue weighted by Gasteiger charge is -2.34. The molecule has 0 aromatic rings. The molecule has 1 N–H and O–H groups in total. The zero-order valence-corrected chi connectivity index (χ0v) is 8.82. The molecule has 14 heavy (non-hydrogen) atoms. The van der Waals surface area contributed by atoms with Crippen molar-refractivity contribution in [3.05, 3.63) is 0 Å². The van der Waals surface area contributed by atoms with E-state index >= 15 is 0 Å². The van der Waals surface area contributed by atoms with E-state index in [1.807, 2.05) is 0 Å². The van der Waals surface area contributed by atoms with E-state index in [4.69, 9.17) is 12.6 Å². The van der Waals surface area contributed by atoms with Crippen LogP contribution >= 0.6 is 0 Å². The van der Waals surface area contributed by atoms with Crippen molar-refractivity contribution in [1.82, 2.24) is 0 Å². The van der Waals surface area contributed by atoms with Gasteiger partial charge in [-0.2, -0.15) is 0 Å². The third kappa shape index (κ3) is 2.74. The summed E-state index contributed by atoms with van der Waals surface area (Å²) in [5.41, 5.74) is 0. The van der Waals surface area contributed by atoms with Gasteiger partial charge in [0.2, 0.25) is 0 Å². The van der Waals surface area contributed by atoms with E-state index in [1.165, 1.54) is 0 Å². The van der Waals surface area contributed by atoms with E-state index in [1.54, 1.807) is 13.8 Å².